The molecule has 1 rings (SSSR count). The molecule has 0 aliphatic heterocycles. The Morgan fingerprint density at radius 1 is 1.14 bits per heavy atom. The Morgan fingerprint density at radius 2 is 1.86 bits per heavy atom. The summed E-state index contributed by atoms with van der Waals surface area (Å²) in [7, 11) is 1.68. The van der Waals surface area contributed by atoms with E-state index < -0.39 is 0 Å². The van der Waals surface area contributed by atoms with Gasteiger partial charge in [0.25, 0.3) is 0 Å². The smallest absolute Gasteiger partial charge is 0.161 e. The van der Waals surface area contributed by atoms with Gasteiger partial charge in [0.1, 0.15) is 0 Å². The summed E-state index contributed by atoms with van der Waals surface area (Å²) in [6.07, 6.45) is 1.32. The first-order chi connectivity index (χ1) is 10.6. The van der Waals surface area contributed by atoms with Gasteiger partial charge in [0.15, 0.2) is 11.5 Å². The summed E-state index contributed by atoms with van der Waals surface area (Å²) < 4.78 is 11.1. The second-order valence-electron chi connectivity index (χ2n) is 5.71. The zero-order valence-corrected chi connectivity index (χ0v) is 14.8. The number of hydrogen-bond donors (Lipinski definition) is 1. The summed E-state index contributed by atoms with van der Waals surface area (Å²) in [4.78, 5) is 2.45. The van der Waals surface area contributed by atoms with Crippen molar-refractivity contribution in [1.82, 2.24) is 10.2 Å². The van der Waals surface area contributed by atoms with Crippen molar-refractivity contribution in [3.63, 3.8) is 0 Å². The van der Waals surface area contributed by atoms with Crippen molar-refractivity contribution in [1.29, 1.82) is 0 Å². The van der Waals surface area contributed by atoms with Crippen LogP contribution in [0.25, 0.3) is 0 Å². The molecule has 22 heavy (non-hydrogen) atoms. The van der Waals surface area contributed by atoms with E-state index >= 15 is 0 Å². The molecule has 0 saturated heterocycles. The molecule has 0 unspecified atom stereocenters. The molecular weight excluding hydrogens is 276 g/mol. The second kappa shape index (κ2) is 10.5. The summed E-state index contributed by atoms with van der Waals surface area (Å²) in [5, 5.41) is 3.49. The maximum Gasteiger partial charge on any atom is 0.161 e. The third-order valence-corrected chi connectivity index (χ3v) is 3.64. The van der Waals surface area contributed by atoms with E-state index in [-0.39, 0.29) is 6.10 Å². The van der Waals surface area contributed by atoms with E-state index in [4.69, 9.17) is 9.47 Å². The van der Waals surface area contributed by atoms with E-state index in [0.29, 0.717) is 0 Å². The highest BCUT2D eigenvalue weighted by atomic mass is 16.5. The van der Waals surface area contributed by atoms with Crippen LogP contribution in [0.1, 0.15) is 39.7 Å². The minimum atomic E-state index is 0.151. The topological polar surface area (TPSA) is 33.7 Å². The molecule has 0 bridgehead atoms. The quantitative estimate of drug-likeness (QED) is 0.636. The highest BCUT2D eigenvalue weighted by molar-refractivity contribution is 5.43. The van der Waals surface area contributed by atoms with Crippen LogP contribution in [0.15, 0.2) is 18.2 Å². The summed E-state index contributed by atoms with van der Waals surface area (Å²) in [5.41, 5.74) is 1.22. The van der Waals surface area contributed by atoms with Gasteiger partial charge in [-0.05, 0) is 64.1 Å². The van der Waals surface area contributed by atoms with Gasteiger partial charge in [-0.2, -0.15) is 0 Å². The molecule has 0 aliphatic carbocycles. The van der Waals surface area contributed by atoms with Crippen LogP contribution in [-0.4, -0.2) is 44.3 Å². The number of rotatable bonds is 11. The Hall–Kier alpha value is -1.26. The number of nitrogens with one attached hydrogen (secondary N) is 1. The van der Waals surface area contributed by atoms with E-state index in [1.165, 1.54) is 12.0 Å². The lowest BCUT2D eigenvalue weighted by Gasteiger charge is -2.18. The van der Waals surface area contributed by atoms with Crippen molar-refractivity contribution in [2.75, 3.05) is 33.3 Å². The summed E-state index contributed by atoms with van der Waals surface area (Å²) in [5.74, 6) is 1.61. The Kier molecular flexibility index (Phi) is 8.94. The van der Waals surface area contributed by atoms with Crippen LogP contribution in [0.2, 0.25) is 0 Å². The van der Waals surface area contributed by atoms with Crippen molar-refractivity contribution in [2.24, 2.45) is 0 Å². The van der Waals surface area contributed by atoms with Gasteiger partial charge in [0.05, 0.1) is 13.2 Å². The van der Waals surface area contributed by atoms with Gasteiger partial charge in [-0.15, -0.1) is 0 Å². The lowest BCUT2D eigenvalue weighted by Crippen LogP contribution is -2.27. The van der Waals surface area contributed by atoms with Crippen LogP contribution in [0, 0.1) is 0 Å². The van der Waals surface area contributed by atoms with Gasteiger partial charge in [-0.25, -0.2) is 0 Å². The van der Waals surface area contributed by atoms with E-state index in [1.54, 1.807) is 7.11 Å². The standard InChI is InChI=1S/C18H32N2O2/c1-6-20(7-2)12-8-11-19-14-16-9-10-17(22-15(3)4)18(13-16)21-5/h9-10,13,15,19H,6-8,11-12,14H2,1-5H3. The number of methoxy groups -OCH3 is 1. The van der Waals surface area contributed by atoms with Gasteiger partial charge in [0.2, 0.25) is 0 Å². The van der Waals surface area contributed by atoms with Crippen LogP contribution in [0.5, 0.6) is 11.5 Å². The molecule has 0 radical (unpaired) electrons. The number of hydrogen-bond acceptors (Lipinski definition) is 4. The number of benzene rings is 1. The first kappa shape index (κ1) is 18.8. The molecule has 0 spiro atoms. The minimum Gasteiger partial charge on any atom is -0.493 e. The molecule has 1 N–H and O–H groups in total. The monoisotopic (exact) mass is 308 g/mol. The van der Waals surface area contributed by atoms with Gasteiger partial charge in [0, 0.05) is 6.54 Å². The van der Waals surface area contributed by atoms with Crippen molar-refractivity contribution >= 4 is 0 Å². The molecule has 0 aliphatic rings. The average molecular weight is 308 g/mol. The Bertz CT molecular complexity index is 418. The van der Waals surface area contributed by atoms with Gasteiger partial charge in [-0.3, -0.25) is 0 Å². The Labute approximate surface area is 135 Å². The Morgan fingerprint density at radius 3 is 2.45 bits per heavy atom. The third kappa shape index (κ3) is 6.67. The molecule has 0 amide bonds. The van der Waals surface area contributed by atoms with Gasteiger partial charge < -0.3 is 19.7 Å². The molecule has 1 aromatic carbocycles. The van der Waals surface area contributed by atoms with Crippen molar-refractivity contribution in [3.05, 3.63) is 23.8 Å². The zero-order valence-electron chi connectivity index (χ0n) is 14.8. The van der Waals surface area contributed by atoms with Crippen LogP contribution in [0.3, 0.4) is 0 Å². The normalized spacial score (nSPS) is 11.2. The number of ether oxygens (including phenoxy) is 2. The fraction of sp³-hybridized carbons (Fsp3) is 0.667. The predicted molar refractivity (Wildman–Crippen MR) is 92.9 cm³/mol. The average Bonchev–Trinajstić information content (AvgIpc) is 2.51. The fourth-order valence-electron chi connectivity index (χ4n) is 2.37. The maximum absolute atomic E-state index is 5.73. The highest BCUT2D eigenvalue weighted by Crippen LogP contribution is 2.28. The van der Waals surface area contributed by atoms with Crippen molar-refractivity contribution < 1.29 is 9.47 Å². The van der Waals surface area contributed by atoms with E-state index in [1.807, 2.05) is 19.9 Å². The molecule has 0 fully saturated rings. The fourth-order valence-corrected chi connectivity index (χ4v) is 2.37. The molecule has 0 atom stereocenters. The Balaban J connectivity index is 2.40. The van der Waals surface area contributed by atoms with Crippen LogP contribution in [0.4, 0.5) is 0 Å². The first-order valence-electron chi connectivity index (χ1n) is 8.37. The van der Waals surface area contributed by atoms with Crippen molar-refractivity contribution in [2.45, 2.75) is 46.8 Å². The number of nitrogens with zero attached hydrogens (tertiary/aromatic N) is 1. The molecular formula is C18H32N2O2. The summed E-state index contributed by atoms with van der Waals surface area (Å²) in [6.45, 7) is 13.8. The molecule has 1 aromatic rings. The minimum absolute atomic E-state index is 0.151. The van der Waals surface area contributed by atoms with E-state index in [2.05, 4.69) is 36.2 Å². The molecule has 0 saturated carbocycles. The SMILES string of the molecule is CCN(CC)CCCNCc1ccc(OC(C)C)c(OC)c1. The summed E-state index contributed by atoms with van der Waals surface area (Å²) >= 11 is 0. The zero-order chi connectivity index (χ0) is 16.4. The summed E-state index contributed by atoms with van der Waals surface area (Å²) in [6, 6.07) is 6.14. The third-order valence-electron chi connectivity index (χ3n) is 3.64. The van der Waals surface area contributed by atoms with Crippen LogP contribution in [-0.2, 0) is 6.54 Å². The molecule has 4 nitrogen and oxygen atoms in total. The lowest BCUT2D eigenvalue weighted by atomic mass is 10.2. The van der Waals surface area contributed by atoms with Gasteiger partial charge >= 0.3 is 0 Å². The maximum atomic E-state index is 5.73. The van der Waals surface area contributed by atoms with E-state index in [0.717, 1.165) is 44.2 Å². The van der Waals surface area contributed by atoms with Crippen molar-refractivity contribution in [3.8, 4) is 11.5 Å². The lowest BCUT2D eigenvalue weighted by molar-refractivity contribution is 0.230. The molecule has 4 heteroatoms. The van der Waals surface area contributed by atoms with Crippen LogP contribution >= 0.6 is 0 Å². The second-order valence-corrected chi connectivity index (χ2v) is 5.71. The predicted octanol–water partition coefficient (Wildman–Crippen LogP) is 3.30. The molecule has 126 valence electrons. The highest BCUT2D eigenvalue weighted by Gasteiger charge is 2.07. The van der Waals surface area contributed by atoms with Gasteiger partial charge in [-0.1, -0.05) is 19.9 Å². The van der Waals surface area contributed by atoms with E-state index in [9.17, 15) is 0 Å². The largest absolute Gasteiger partial charge is 0.493 e. The molecule has 0 aromatic heterocycles. The van der Waals surface area contributed by atoms with Crippen LogP contribution < -0.4 is 14.8 Å². The molecule has 0 heterocycles. The first-order valence-corrected chi connectivity index (χ1v) is 8.37.